The van der Waals surface area contributed by atoms with E-state index in [1.165, 1.54) is 0 Å². The molecule has 0 aromatic rings. The third kappa shape index (κ3) is 3.49. The molecule has 0 aliphatic rings. The van der Waals surface area contributed by atoms with Crippen molar-refractivity contribution in [3.05, 3.63) is 0 Å². The number of hydrogen-bond acceptors (Lipinski definition) is 3. The summed E-state index contributed by atoms with van der Waals surface area (Å²) in [6, 6.07) is 2.15. The molecule has 0 bridgehead atoms. The van der Waals surface area contributed by atoms with Gasteiger partial charge in [-0.25, -0.2) is 0 Å². The average molecular weight is 226 g/mol. The first kappa shape index (κ1) is 14.9. The molecule has 0 radical (unpaired) electrons. The Morgan fingerprint density at radius 3 is 2.44 bits per heavy atom. The first-order valence-electron chi connectivity index (χ1n) is 5.66. The lowest BCUT2D eigenvalue weighted by Gasteiger charge is -2.35. The van der Waals surface area contributed by atoms with Crippen molar-refractivity contribution in [1.29, 1.82) is 5.26 Å². The standard InChI is InChI=1S/C12H22N2O2/c1-6-12(4,16-5)11(15)14(10(2)3)9-7-8-13/h10H,6-7,9H2,1-5H3. The Labute approximate surface area is 98.2 Å². The van der Waals surface area contributed by atoms with Crippen LogP contribution in [0.5, 0.6) is 0 Å². The summed E-state index contributed by atoms with van der Waals surface area (Å²) in [6.07, 6.45) is 0.978. The molecule has 0 aromatic heterocycles. The van der Waals surface area contributed by atoms with Crippen molar-refractivity contribution >= 4 is 5.91 Å². The number of carbonyl (C=O) groups excluding carboxylic acids is 1. The summed E-state index contributed by atoms with van der Waals surface area (Å²) in [5.74, 6) is -0.0391. The largest absolute Gasteiger partial charge is 0.369 e. The Kier molecular flexibility index (Phi) is 6.05. The molecule has 4 heteroatoms. The topological polar surface area (TPSA) is 53.3 Å². The van der Waals surface area contributed by atoms with Gasteiger partial charge in [0.2, 0.25) is 0 Å². The number of hydrogen-bond donors (Lipinski definition) is 0. The van der Waals surface area contributed by atoms with Gasteiger partial charge in [-0.3, -0.25) is 4.79 Å². The van der Waals surface area contributed by atoms with Crippen molar-refractivity contribution in [2.24, 2.45) is 0 Å². The van der Waals surface area contributed by atoms with Crippen LogP contribution in [0, 0.1) is 11.3 Å². The zero-order valence-electron chi connectivity index (χ0n) is 10.9. The zero-order chi connectivity index (χ0) is 12.8. The van der Waals surface area contributed by atoms with E-state index in [-0.39, 0.29) is 11.9 Å². The van der Waals surface area contributed by atoms with Crippen LogP contribution in [-0.4, -0.2) is 36.1 Å². The smallest absolute Gasteiger partial charge is 0.254 e. The van der Waals surface area contributed by atoms with Crippen molar-refractivity contribution in [1.82, 2.24) is 4.90 Å². The van der Waals surface area contributed by atoms with Gasteiger partial charge < -0.3 is 9.64 Å². The number of carbonyl (C=O) groups is 1. The molecule has 0 heterocycles. The molecule has 0 rings (SSSR count). The molecule has 0 saturated carbocycles. The van der Waals surface area contributed by atoms with Crippen molar-refractivity contribution in [2.45, 2.75) is 52.2 Å². The molecule has 1 amide bonds. The fraction of sp³-hybridized carbons (Fsp3) is 0.833. The molecule has 1 atom stereocenters. The van der Waals surface area contributed by atoms with Gasteiger partial charge in [-0.1, -0.05) is 6.92 Å². The van der Waals surface area contributed by atoms with Crippen LogP contribution < -0.4 is 0 Å². The lowest BCUT2D eigenvalue weighted by molar-refractivity contribution is -0.155. The third-order valence-corrected chi connectivity index (χ3v) is 2.93. The maximum absolute atomic E-state index is 12.3. The molecule has 0 saturated heterocycles. The van der Waals surface area contributed by atoms with E-state index in [2.05, 4.69) is 6.07 Å². The number of nitriles is 1. The van der Waals surface area contributed by atoms with Gasteiger partial charge in [-0.2, -0.15) is 5.26 Å². The molecule has 1 unspecified atom stereocenters. The Hall–Kier alpha value is -1.08. The number of ether oxygens (including phenoxy) is 1. The molecule has 92 valence electrons. The van der Waals surface area contributed by atoms with Crippen LogP contribution >= 0.6 is 0 Å². The summed E-state index contributed by atoms with van der Waals surface area (Å²) in [7, 11) is 1.55. The highest BCUT2D eigenvalue weighted by molar-refractivity contribution is 5.85. The SMILES string of the molecule is CCC(C)(OC)C(=O)N(CCC#N)C(C)C. The molecule has 0 aliphatic carbocycles. The summed E-state index contributed by atoms with van der Waals surface area (Å²) >= 11 is 0. The van der Waals surface area contributed by atoms with Crippen molar-refractivity contribution in [2.75, 3.05) is 13.7 Å². The second-order valence-electron chi connectivity index (χ2n) is 4.29. The third-order valence-electron chi connectivity index (χ3n) is 2.93. The zero-order valence-corrected chi connectivity index (χ0v) is 10.9. The van der Waals surface area contributed by atoms with E-state index in [1.54, 1.807) is 18.9 Å². The van der Waals surface area contributed by atoms with E-state index in [9.17, 15) is 4.79 Å². The van der Waals surface area contributed by atoms with Crippen LogP contribution in [0.4, 0.5) is 0 Å². The Bertz CT molecular complexity index is 265. The minimum absolute atomic E-state index is 0.0391. The molecule has 0 spiro atoms. The van der Waals surface area contributed by atoms with Crippen LogP contribution in [0.3, 0.4) is 0 Å². The molecule has 4 nitrogen and oxygen atoms in total. The molecule has 0 N–H and O–H groups in total. The van der Waals surface area contributed by atoms with E-state index >= 15 is 0 Å². The molecule has 0 aromatic carbocycles. The second kappa shape index (κ2) is 6.49. The maximum Gasteiger partial charge on any atom is 0.254 e. The first-order valence-corrected chi connectivity index (χ1v) is 5.66. The maximum atomic E-state index is 12.3. The minimum atomic E-state index is -0.778. The van der Waals surface area contributed by atoms with E-state index in [0.717, 1.165) is 0 Å². The summed E-state index contributed by atoms with van der Waals surface area (Å²) < 4.78 is 5.29. The van der Waals surface area contributed by atoms with Gasteiger partial charge in [0.25, 0.3) is 5.91 Å². The first-order chi connectivity index (χ1) is 7.42. The highest BCUT2D eigenvalue weighted by atomic mass is 16.5. The Morgan fingerprint density at radius 2 is 2.12 bits per heavy atom. The Balaban J connectivity index is 4.80. The van der Waals surface area contributed by atoms with Crippen LogP contribution in [0.25, 0.3) is 0 Å². The summed E-state index contributed by atoms with van der Waals surface area (Å²) in [5.41, 5.74) is -0.778. The van der Waals surface area contributed by atoms with Crippen LogP contribution in [-0.2, 0) is 9.53 Å². The predicted octanol–water partition coefficient (Wildman–Crippen LogP) is 1.95. The summed E-state index contributed by atoms with van der Waals surface area (Å²) in [6.45, 7) is 8.06. The normalized spacial score (nSPS) is 14.3. The van der Waals surface area contributed by atoms with E-state index in [4.69, 9.17) is 10.00 Å². The summed E-state index contributed by atoms with van der Waals surface area (Å²) in [4.78, 5) is 14.0. The van der Waals surface area contributed by atoms with Crippen LogP contribution in [0.2, 0.25) is 0 Å². The van der Waals surface area contributed by atoms with Crippen LogP contribution in [0.1, 0.15) is 40.5 Å². The molecular weight excluding hydrogens is 204 g/mol. The number of rotatable bonds is 6. The summed E-state index contributed by atoms with van der Waals surface area (Å²) in [5, 5.41) is 8.58. The van der Waals surface area contributed by atoms with Gasteiger partial charge in [0.1, 0.15) is 5.60 Å². The lowest BCUT2D eigenvalue weighted by atomic mass is 10.0. The molecular formula is C12H22N2O2. The van der Waals surface area contributed by atoms with E-state index < -0.39 is 5.60 Å². The van der Waals surface area contributed by atoms with Crippen LogP contribution in [0.15, 0.2) is 0 Å². The quantitative estimate of drug-likeness (QED) is 0.695. The van der Waals surface area contributed by atoms with Gasteiger partial charge in [-0.05, 0) is 27.2 Å². The van der Waals surface area contributed by atoms with Crippen molar-refractivity contribution < 1.29 is 9.53 Å². The number of nitrogens with zero attached hydrogens (tertiary/aromatic N) is 2. The van der Waals surface area contributed by atoms with Gasteiger partial charge in [0.05, 0.1) is 12.5 Å². The monoisotopic (exact) mass is 226 g/mol. The minimum Gasteiger partial charge on any atom is -0.369 e. The number of methoxy groups -OCH3 is 1. The highest BCUT2D eigenvalue weighted by Crippen LogP contribution is 2.19. The van der Waals surface area contributed by atoms with Gasteiger partial charge in [0, 0.05) is 19.7 Å². The molecule has 0 fully saturated rings. The fourth-order valence-corrected chi connectivity index (χ4v) is 1.45. The molecule has 16 heavy (non-hydrogen) atoms. The number of amides is 1. The van der Waals surface area contributed by atoms with E-state index in [1.807, 2.05) is 20.8 Å². The predicted molar refractivity (Wildman–Crippen MR) is 62.8 cm³/mol. The fourth-order valence-electron chi connectivity index (χ4n) is 1.45. The van der Waals surface area contributed by atoms with Gasteiger partial charge in [0.15, 0.2) is 0 Å². The molecule has 0 aliphatic heterocycles. The van der Waals surface area contributed by atoms with Crippen molar-refractivity contribution in [3.63, 3.8) is 0 Å². The van der Waals surface area contributed by atoms with Crippen molar-refractivity contribution in [3.8, 4) is 6.07 Å². The van der Waals surface area contributed by atoms with Gasteiger partial charge in [-0.15, -0.1) is 0 Å². The highest BCUT2D eigenvalue weighted by Gasteiger charge is 2.35. The lowest BCUT2D eigenvalue weighted by Crippen LogP contribution is -2.50. The van der Waals surface area contributed by atoms with E-state index in [0.29, 0.717) is 19.4 Å². The average Bonchev–Trinajstić information content (AvgIpc) is 2.27. The second-order valence-corrected chi connectivity index (χ2v) is 4.29. The van der Waals surface area contributed by atoms with Gasteiger partial charge >= 0.3 is 0 Å². The Morgan fingerprint density at radius 1 is 1.56 bits per heavy atom.